The summed E-state index contributed by atoms with van der Waals surface area (Å²) < 4.78 is 5.09. The van der Waals surface area contributed by atoms with Gasteiger partial charge in [0.25, 0.3) is 0 Å². The predicted molar refractivity (Wildman–Crippen MR) is 74.0 cm³/mol. The van der Waals surface area contributed by atoms with Crippen molar-refractivity contribution in [3.8, 4) is 17.1 Å². The van der Waals surface area contributed by atoms with Crippen molar-refractivity contribution in [1.29, 1.82) is 0 Å². The van der Waals surface area contributed by atoms with E-state index in [-0.39, 0.29) is 23.1 Å². The molecule has 0 radical (unpaired) electrons. The van der Waals surface area contributed by atoms with Gasteiger partial charge in [-0.25, -0.2) is 4.79 Å². The van der Waals surface area contributed by atoms with Gasteiger partial charge in [-0.2, -0.15) is 0 Å². The number of hydrogen-bond acceptors (Lipinski definition) is 4. The first kappa shape index (κ1) is 14.1. The summed E-state index contributed by atoms with van der Waals surface area (Å²) in [7, 11) is 0. The summed E-state index contributed by atoms with van der Waals surface area (Å²) >= 11 is 0. The van der Waals surface area contributed by atoms with Crippen LogP contribution in [0.25, 0.3) is 11.3 Å². The fourth-order valence-electron chi connectivity index (χ4n) is 2.17. The highest BCUT2D eigenvalue weighted by Gasteiger charge is 2.21. The van der Waals surface area contributed by atoms with Crippen LogP contribution in [-0.2, 0) is 6.42 Å². The van der Waals surface area contributed by atoms with Gasteiger partial charge in [-0.15, -0.1) is 0 Å². The van der Waals surface area contributed by atoms with Gasteiger partial charge in [0.05, 0.1) is 5.56 Å². The maximum absolute atomic E-state index is 10.9. The quantitative estimate of drug-likeness (QED) is 0.893. The molecule has 1 aromatic heterocycles. The molecule has 20 heavy (non-hydrogen) atoms. The normalized spacial score (nSPS) is 11.0. The van der Waals surface area contributed by atoms with E-state index < -0.39 is 5.97 Å². The van der Waals surface area contributed by atoms with E-state index in [4.69, 9.17) is 9.63 Å². The molecule has 0 aliphatic rings. The van der Waals surface area contributed by atoms with Gasteiger partial charge in [-0.1, -0.05) is 38.1 Å². The number of hydrogen-bond donors (Lipinski definition) is 2. The van der Waals surface area contributed by atoms with Crippen molar-refractivity contribution >= 4 is 5.97 Å². The van der Waals surface area contributed by atoms with Crippen molar-refractivity contribution in [3.63, 3.8) is 0 Å². The third-order valence-electron chi connectivity index (χ3n) is 3.27. The number of carboxylic acids is 1. The number of carboxylic acid groups (broad SMARTS) is 1. The SMILES string of the molecule is CCc1ccc(C(C)C)c(-c2cc(C(=O)O)no2)c1O. The number of carbonyl (C=O) groups is 1. The molecule has 0 amide bonds. The molecule has 0 spiro atoms. The average molecular weight is 275 g/mol. The van der Waals surface area contributed by atoms with E-state index in [1.54, 1.807) is 0 Å². The van der Waals surface area contributed by atoms with Crippen LogP contribution in [0.1, 0.15) is 48.3 Å². The van der Waals surface area contributed by atoms with Crippen LogP contribution >= 0.6 is 0 Å². The molecule has 1 heterocycles. The average Bonchev–Trinajstić information content (AvgIpc) is 2.87. The number of aryl methyl sites for hydroxylation is 1. The molecule has 0 saturated carbocycles. The van der Waals surface area contributed by atoms with Crippen LogP contribution in [0.4, 0.5) is 0 Å². The van der Waals surface area contributed by atoms with E-state index in [9.17, 15) is 9.90 Å². The smallest absolute Gasteiger partial charge is 0.358 e. The first-order valence-electron chi connectivity index (χ1n) is 6.50. The summed E-state index contributed by atoms with van der Waals surface area (Å²) in [5, 5.41) is 22.8. The number of phenols is 1. The Balaban J connectivity index is 2.65. The van der Waals surface area contributed by atoms with Crippen molar-refractivity contribution in [2.75, 3.05) is 0 Å². The number of aromatic carboxylic acids is 1. The summed E-state index contributed by atoms with van der Waals surface area (Å²) in [4.78, 5) is 10.9. The van der Waals surface area contributed by atoms with Crippen LogP contribution in [0.5, 0.6) is 5.75 Å². The zero-order valence-corrected chi connectivity index (χ0v) is 11.7. The van der Waals surface area contributed by atoms with Gasteiger partial charge in [0, 0.05) is 6.07 Å². The minimum Gasteiger partial charge on any atom is -0.507 e. The van der Waals surface area contributed by atoms with Crippen molar-refractivity contribution in [2.24, 2.45) is 0 Å². The Labute approximate surface area is 116 Å². The highest BCUT2D eigenvalue weighted by atomic mass is 16.5. The number of rotatable bonds is 4. The maximum Gasteiger partial charge on any atom is 0.358 e. The molecule has 0 saturated heterocycles. The molecule has 0 bridgehead atoms. The van der Waals surface area contributed by atoms with Crippen LogP contribution in [0.3, 0.4) is 0 Å². The van der Waals surface area contributed by atoms with Crippen molar-refractivity contribution in [1.82, 2.24) is 5.16 Å². The molecule has 2 N–H and O–H groups in total. The molecule has 0 unspecified atom stereocenters. The Kier molecular flexibility index (Phi) is 3.79. The van der Waals surface area contributed by atoms with E-state index in [1.165, 1.54) is 6.07 Å². The standard InChI is InChI=1S/C15H17NO4/c1-4-9-5-6-10(8(2)3)13(14(9)17)12-7-11(15(18)19)16-20-12/h5-8,17H,4H2,1-3H3,(H,18,19). The molecule has 2 rings (SSSR count). The topological polar surface area (TPSA) is 83.6 Å². The van der Waals surface area contributed by atoms with E-state index >= 15 is 0 Å². The number of aromatic hydroxyl groups is 1. The van der Waals surface area contributed by atoms with E-state index in [0.29, 0.717) is 12.0 Å². The van der Waals surface area contributed by atoms with E-state index in [2.05, 4.69) is 5.16 Å². The minimum atomic E-state index is -1.16. The monoisotopic (exact) mass is 275 g/mol. The molecule has 0 fully saturated rings. The van der Waals surface area contributed by atoms with Crippen LogP contribution in [0.15, 0.2) is 22.7 Å². The second kappa shape index (κ2) is 5.36. The lowest BCUT2D eigenvalue weighted by molar-refractivity contribution is 0.0686. The molecule has 2 aromatic rings. The second-order valence-corrected chi connectivity index (χ2v) is 4.93. The van der Waals surface area contributed by atoms with E-state index in [1.807, 2.05) is 32.9 Å². The molecule has 0 aliphatic heterocycles. The van der Waals surface area contributed by atoms with Gasteiger partial charge in [0.2, 0.25) is 0 Å². The fraction of sp³-hybridized carbons (Fsp3) is 0.333. The zero-order valence-electron chi connectivity index (χ0n) is 11.7. The third-order valence-corrected chi connectivity index (χ3v) is 3.27. The van der Waals surface area contributed by atoms with Gasteiger partial charge in [0.1, 0.15) is 5.75 Å². The second-order valence-electron chi connectivity index (χ2n) is 4.93. The Morgan fingerprint density at radius 2 is 2.10 bits per heavy atom. The van der Waals surface area contributed by atoms with Crippen molar-refractivity contribution < 1.29 is 19.5 Å². The van der Waals surface area contributed by atoms with Crippen molar-refractivity contribution in [3.05, 3.63) is 35.0 Å². The van der Waals surface area contributed by atoms with Crippen LogP contribution < -0.4 is 0 Å². The summed E-state index contributed by atoms with van der Waals surface area (Å²) in [5.41, 5.74) is 2.04. The van der Waals surface area contributed by atoms with Crippen molar-refractivity contribution in [2.45, 2.75) is 33.1 Å². The van der Waals surface area contributed by atoms with Gasteiger partial charge in [-0.3, -0.25) is 0 Å². The molecule has 5 nitrogen and oxygen atoms in total. The number of phenolic OH excluding ortho intramolecular Hbond substituents is 1. The van der Waals surface area contributed by atoms with Crippen LogP contribution in [-0.4, -0.2) is 21.3 Å². The summed E-state index contributed by atoms with van der Waals surface area (Å²) in [6.45, 7) is 5.94. The summed E-state index contributed by atoms with van der Waals surface area (Å²) in [6, 6.07) is 5.15. The third kappa shape index (κ3) is 2.39. The lowest BCUT2D eigenvalue weighted by Crippen LogP contribution is -1.96. The fourth-order valence-corrected chi connectivity index (χ4v) is 2.17. The Morgan fingerprint density at radius 1 is 1.40 bits per heavy atom. The summed E-state index contributed by atoms with van der Waals surface area (Å²) in [6.07, 6.45) is 0.678. The lowest BCUT2D eigenvalue weighted by Gasteiger charge is -2.14. The first-order valence-corrected chi connectivity index (χ1v) is 6.50. The molecule has 0 aliphatic carbocycles. The van der Waals surface area contributed by atoms with Gasteiger partial charge in [0.15, 0.2) is 11.5 Å². The Bertz CT molecular complexity index is 643. The number of nitrogens with zero attached hydrogens (tertiary/aromatic N) is 1. The first-order chi connectivity index (χ1) is 9.45. The minimum absolute atomic E-state index is 0.131. The molecule has 0 atom stereocenters. The number of aromatic nitrogens is 1. The highest BCUT2D eigenvalue weighted by molar-refractivity contribution is 5.87. The lowest BCUT2D eigenvalue weighted by atomic mass is 9.92. The van der Waals surface area contributed by atoms with Crippen LogP contribution in [0, 0.1) is 0 Å². The Hall–Kier alpha value is -2.30. The highest BCUT2D eigenvalue weighted by Crippen LogP contribution is 2.39. The largest absolute Gasteiger partial charge is 0.507 e. The molecule has 5 heteroatoms. The van der Waals surface area contributed by atoms with E-state index in [0.717, 1.165) is 11.1 Å². The zero-order chi connectivity index (χ0) is 14.9. The van der Waals surface area contributed by atoms with Gasteiger partial charge < -0.3 is 14.7 Å². The van der Waals surface area contributed by atoms with Gasteiger partial charge >= 0.3 is 5.97 Å². The maximum atomic E-state index is 10.9. The molecule has 1 aromatic carbocycles. The number of benzene rings is 1. The predicted octanol–water partition coefficient (Wildman–Crippen LogP) is 3.43. The molecule has 106 valence electrons. The Morgan fingerprint density at radius 3 is 2.60 bits per heavy atom. The van der Waals surface area contributed by atoms with Crippen LogP contribution in [0.2, 0.25) is 0 Å². The molecular weight excluding hydrogens is 258 g/mol. The summed E-state index contributed by atoms with van der Waals surface area (Å²) in [5.74, 6) is -0.580. The van der Waals surface area contributed by atoms with Gasteiger partial charge in [-0.05, 0) is 23.5 Å². The molecular formula is C15H17NO4.